The van der Waals surface area contributed by atoms with Crippen LogP contribution in [0, 0.1) is 11.3 Å². The molecule has 0 unspecified atom stereocenters. The summed E-state index contributed by atoms with van der Waals surface area (Å²) in [6.07, 6.45) is 1.17. The van der Waals surface area contributed by atoms with E-state index in [0.29, 0.717) is 5.69 Å². The molecule has 0 radical (unpaired) electrons. The van der Waals surface area contributed by atoms with Gasteiger partial charge in [0.25, 0.3) is 10.0 Å². The number of rotatable bonds is 1. The number of nitriles is 1. The van der Waals surface area contributed by atoms with Crippen LogP contribution in [0.3, 0.4) is 0 Å². The third kappa shape index (κ3) is 1.47. The Labute approximate surface area is 87.3 Å². The van der Waals surface area contributed by atoms with Crippen molar-refractivity contribution in [2.45, 2.75) is 4.90 Å². The molecule has 1 aromatic rings. The van der Waals surface area contributed by atoms with Gasteiger partial charge in [-0.05, 0) is 12.1 Å². The molecule has 1 heterocycles. The van der Waals surface area contributed by atoms with Crippen LogP contribution in [-0.4, -0.2) is 25.6 Å². The maximum atomic E-state index is 11.9. The van der Waals surface area contributed by atoms with Crippen molar-refractivity contribution in [3.8, 4) is 6.07 Å². The molecule has 5 nitrogen and oxygen atoms in total. The van der Waals surface area contributed by atoms with Crippen LogP contribution in [0.4, 0.5) is 5.69 Å². The number of para-hydroxylation sites is 1. The van der Waals surface area contributed by atoms with Crippen molar-refractivity contribution in [2.24, 2.45) is 4.99 Å². The Balaban J connectivity index is 2.59. The first-order chi connectivity index (χ1) is 7.16. The lowest BCUT2D eigenvalue weighted by Gasteiger charge is -2.21. The van der Waals surface area contributed by atoms with E-state index in [1.165, 1.54) is 12.4 Å². The summed E-state index contributed by atoms with van der Waals surface area (Å²) in [5.41, 5.74) is 0.409. The number of hydrogen-bond acceptors (Lipinski definition) is 4. The Morgan fingerprint density at radius 3 is 2.87 bits per heavy atom. The maximum absolute atomic E-state index is 11.9. The lowest BCUT2D eigenvalue weighted by Crippen LogP contribution is -2.32. The van der Waals surface area contributed by atoms with Gasteiger partial charge in [0.1, 0.15) is 17.8 Å². The third-order valence-electron chi connectivity index (χ3n) is 2.00. The molecular formula is C9H7N3O2S. The predicted molar refractivity (Wildman–Crippen MR) is 54.1 cm³/mol. The smallest absolute Gasteiger partial charge is 0.242 e. The minimum absolute atomic E-state index is 0.141. The maximum Gasteiger partial charge on any atom is 0.268 e. The number of sulfonamides is 1. The molecule has 0 atom stereocenters. The molecule has 1 aliphatic heterocycles. The average molecular weight is 221 g/mol. The molecule has 0 N–H and O–H groups in total. The van der Waals surface area contributed by atoms with Gasteiger partial charge in [0.15, 0.2) is 0 Å². The lowest BCUT2D eigenvalue weighted by molar-refractivity contribution is 0.543. The van der Waals surface area contributed by atoms with E-state index in [1.807, 2.05) is 0 Å². The zero-order chi connectivity index (χ0) is 10.9. The first-order valence-corrected chi connectivity index (χ1v) is 5.62. The minimum atomic E-state index is -3.58. The van der Waals surface area contributed by atoms with Crippen LogP contribution in [0.15, 0.2) is 34.2 Å². The Kier molecular flexibility index (Phi) is 2.17. The van der Waals surface area contributed by atoms with Gasteiger partial charge in [0.05, 0.1) is 11.8 Å². The van der Waals surface area contributed by atoms with Crippen molar-refractivity contribution in [2.75, 3.05) is 6.54 Å². The number of benzene rings is 1. The number of fused-ring (bicyclic) bond motifs is 1. The van der Waals surface area contributed by atoms with Gasteiger partial charge in [-0.3, -0.25) is 0 Å². The van der Waals surface area contributed by atoms with E-state index < -0.39 is 10.0 Å². The van der Waals surface area contributed by atoms with Gasteiger partial charge in [-0.15, -0.1) is 0 Å². The lowest BCUT2D eigenvalue weighted by atomic mass is 10.3. The molecule has 0 amide bonds. The summed E-state index contributed by atoms with van der Waals surface area (Å²) >= 11 is 0. The summed E-state index contributed by atoms with van der Waals surface area (Å²) in [6.45, 7) is -0.222. The second-order valence-electron chi connectivity index (χ2n) is 2.92. The van der Waals surface area contributed by atoms with Crippen molar-refractivity contribution in [3.05, 3.63) is 24.3 Å². The highest BCUT2D eigenvalue weighted by Gasteiger charge is 2.27. The van der Waals surface area contributed by atoms with Crippen LogP contribution in [0.5, 0.6) is 0 Å². The molecule has 0 spiro atoms. The fourth-order valence-electron chi connectivity index (χ4n) is 1.29. The SMILES string of the molecule is N#CCN1C=Nc2ccccc2S1(=O)=O. The molecule has 0 saturated heterocycles. The molecule has 1 aliphatic rings. The van der Waals surface area contributed by atoms with Crippen LogP contribution in [0.2, 0.25) is 0 Å². The van der Waals surface area contributed by atoms with Gasteiger partial charge in [0.2, 0.25) is 0 Å². The Bertz CT molecular complexity index is 557. The fourth-order valence-corrected chi connectivity index (χ4v) is 2.58. The second kappa shape index (κ2) is 3.37. The second-order valence-corrected chi connectivity index (χ2v) is 4.78. The largest absolute Gasteiger partial charge is 0.268 e. The molecule has 0 aliphatic carbocycles. The number of aliphatic imine (C=N–C) groups is 1. The highest BCUT2D eigenvalue weighted by Crippen LogP contribution is 2.29. The molecule has 0 bridgehead atoms. The van der Waals surface area contributed by atoms with Crippen LogP contribution < -0.4 is 0 Å². The van der Waals surface area contributed by atoms with Crippen LogP contribution >= 0.6 is 0 Å². The zero-order valence-electron chi connectivity index (χ0n) is 7.66. The molecule has 15 heavy (non-hydrogen) atoms. The molecule has 0 aromatic heterocycles. The van der Waals surface area contributed by atoms with E-state index >= 15 is 0 Å². The molecule has 76 valence electrons. The first kappa shape index (κ1) is 9.68. The molecule has 6 heteroatoms. The van der Waals surface area contributed by atoms with E-state index in [-0.39, 0.29) is 11.4 Å². The van der Waals surface area contributed by atoms with Gasteiger partial charge in [-0.2, -0.15) is 5.26 Å². The highest BCUT2D eigenvalue weighted by atomic mass is 32.2. The fraction of sp³-hybridized carbons (Fsp3) is 0.111. The normalized spacial score (nSPS) is 16.9. The molecule has 2 rings (SSSR count). The predicted octanol–water partition coefficient (Wildman–Crippen LogP) is 0.874. The zero-order valence-corrected chi connectivity index (χ0v) is 8.48. The van der Waals surface area contributed by atoms with Gasteiger partial charge in [-0.1, -0.05) is 12.1 Å². The molecule has 0 saturated carbocycles. The topological polar surface area (TPSA) is 73.5 Å². The Morgan fingerprint density at radius 2 is 2.13 bits per heavy atom. The van der Waals surface area contributed by atoms with Gasteiger partial charge >= 0.3 is 0 Å². The van der Waals surface area contributed by atoms with Crippen molar-refractivity contribution < 1.29 is 8.42 Å². The summed E-state index contributed by atoms with van der Waals surface area (Å²) < 4.78 is 24.7. The number of hydrogen-bond donors (Lipinski definition) is 0. The van der Waals surface area contributed by atoms with E-state index in [4.69, 9.17) is 5.26 Å². The van der Waals surface area contributed by atoms with Gasteiger partial charge < -0.3 is 0 Å². The highest BCUT2D eigenvalue weighted by molar-refractivity contribution is 7.89. The Hall–Kier alpha value is -1.87. The molecule has 0 fully saturated rings. The first-order valence-electron chi connectivity index (χ1n) is 4.18. The summed E-state index contributed by atoms with van der Waals surface area (Å²) in [5.74, 6) is 0. The van der Waals surface area contributed by atoms with E-state index in [0.717, 1.165) is 4.31 Å². The summed E-state index contributed by atoms with van der Waals surface area (Å²) in [5, 5.41) is 8.48. The summed E-state index contributed by atoms with van der Waals surface area (Å²) in [4.78, 5) is 4.10. The third-order valence-corrected chi connectivity index (χ3v) is 3.75. The molecule has 1 aromatic carbocycles. The van der Waals surface area contributed by atoms with Crippen LogP contribution in [-0.2, 0) is 10.0 Å². The number of nitrogens with zero attached hydrogens (tertiary/aromatic N) is 3. The van der Waals surface area contributed by atoms with E-state index in [2.05, 4.69) is 4.99 Å². The monoisotopic (exact) mass is 221 g/mol. The standard InChI is InChI=1S/C9H7N3O2S/c10-5-6-12-7-11-8-3-1-2-4-9(8)15(12,13)14/h1-4,7H,6H2. The average Bonchev–Trinajstić information content (AvgIpc) is 2.23. The summed E-state index contributed by atoms with van der Waals surface area (Å²) in [6, 6.07) is 8.22. The minimum Gasteiger partial charge on any atom is -0.242 e. The van der Waals surface area contributed by atoms with Crippen molar-refractivity contribution in [1.29, 1.82) is 5.26 Å². The summed E-state index contributed by atoms with van der Waals surface area (Å²) in [7, 11) is -3.58. The molecular weight excluding hydrogens is 214 g/mol. The quantitative estimate of drug-likeness (QED) is 0.660. The van der Waals surface area contributed by atoms with Crippen LogP contribution in [0.1, 0.15) is 0 Å². The Morgan fingerprint density at radius 1 is 1.40 bits per heavy atom. The van der Waals surface area contributed by atoms with Gasteiger partial charge in [-0.25, -0.2) is 17.7 Å². The van der Waals surface area contributed by atoms with E-state index in [9.17, 15) is 8.42 Å². The van der Waals surface area contributed by atoms with Crippen molar-refractivity contribution in [3.63, 3.8) is 0 Å². The van der Waals surface area contributed by atoms with Crippen molar-refractivity contribution in [1.82, 2.24) is 4.31 Å². The van der Waals surface area contributed by atoms with Crippen LogP contribution in [0.25, 0.3) is 0 Å². The van der Waals surface area contributed by atoms with Crippen molar-refractivity contribution >= 4 is 22.0 Å². The van der Waals surface area contributed by atoms with Gasteiger partial charge in [0, 0.05) is 0 Å². The van der Waals surface area contributed by atoms with E-state index in [1.54, 1.807) is 24.3 Å².